The molecule has 100 valence electrons. The molecule has 0 aliphatic carbocycles. The predicted molar refractivity (Wildman–Crippen MR) is 76.3 cm³/mol. The molecule has 0 unspecified atom stereocenters. The lowest BCUT2D eigenvalue weighted by molar-refractivity contribution is 0.0525. The third-order valence-corrected chi connectivity index (χ3v) is 4.08. The molecule has 0 aliphatic heterocycles. The van der Waals surface area contributed by atoms with Gasteiger partial charge in [0.2, 0.25) is 5.01 Å². The fourth-order valence-corrected chi connectivity index (χ4v) is 2.94. The number of carbonyl (C=O) groups excluding carboxylic acids is 1. The number of anilines is 1. The van der Waals surface area contributed by atoms with Gasteiger partial charge < -0.3 is 10.5 Å². The number of esters is 1. The summed E-state index contributed by atoms with van der Waals surface area (Å²) in [5, 5.41) is 3.00. The number of hydrogen-bond donors (Lipinski definition) is 1. The van der Waals surface area contributed by atoms with Crippen molar-refractivity contribution < 1.29 is 9.53 Å². The highest BCUT2D eigenvalue weighted by atomic mass is 32.2. The van der Waals surface area contributed by atoms with E-state index in [4.69, 9.17) is 10.5 Å². The van der Waals surface area contributed by atoms with Crippen LogP contribution in [0.3, 0.4) is 0 Å². The van der Waals surface area contributed by atoms with Gasteiger partial charge >= 0.3 is 5.97 Å². The summed E-state index contributed by atoms with van der Waals surface area (Å²) in [6.07, 6.45) is 1.70. The first-order valence-corrected chi connectivity index (χ1v) is 7.52. The molecule has 0 aliphatic rings. The number of aromatic nitrogens is 2. The molecule has 0 atom stereocenters. The zero-order valence-electron chi connectivity index (χ0n) is 10.3. The molecule has 2 aromatic rings. The number of carbonyl (C=O) groups is 1. The van der Waals surface area contributed by atoms with Gasteiger partial charge in [0, 0.05) is 17.3 Å². The topological polar surface area (TPSA) is 78.1 Å². The zero-order valence-corrected chi connectivity index (χ0v) is 12.0. The Bertz CT molecular complexity index is 572. The van der Waals surface area contributed by atoms with Crippen LogP contribution < -0.4 is 5.73 Å². The molecular weight excluding hydrogens is 282 g/mol. The number of nitrogens with zero attached hydrogens (tertiary/aromatic N) is 2. The zero-order chi connectivity index (χ0) is 13.7. The van der Waals surface area contributed by atoms with E-state index >= 15 is 0 Å². The molecule has 19 heavy (non-hydrogen) atoms. The van der Waals surface area contributed by atoms with Gasteiger partial charge in [0.1, 0.15) is 5.03 Å². The Balaban J connectivity index is 1.97. The number of pyridine rings is 1. The van der Waals surface area contributed by atoms with Crippen LogP contribution in [0.15, 0.2) is 28.7 Å². The van der Waals surface area contributed by atoms with Gasteiger partial charge in [-0.05, 0) is 19.1 Å². The minimum atomic E-state index is -0.374. The summed E-state index contributed by atoms with van der Waals surface area (Å²) in [6, 6.07) is 3.60. The lowest BCUT2D eigenvalue weighted by Gasteiger charge is -2.01. The third kappa shape index (κ3) is 3.68. The number of rotatable bonds is 5. The van der Waals surface area contributed by atoms with Crippen molar-refractivity contribution in [3.63, 3.8) is 0 Å². The van der Waals surface area contributed by atoms with E-state index in [1.54, 1.807) is 25.3 Å². The molecular formula is C12H13N3O2S2. The van der Waals surface area contributed by atoms with Crippen molar-refractivity contribution >= 4 is 34.8 Å². The molecule has 2 heterocycles. The van der Waals surface area contributed by atoms with Crippen LogP contribution in [-0.4, -0.2) is 22.5 Å². The Morgan fingerprint density at radius 1 is 1.58 bits per heavy atom. The van der Waals surface area contributed by atoms with Crippen LogP contribution in [-0.2, 0) is 10.5 Å². The minimum Gasteiger partial charge on any atom is -0.461 e. The first kappa shape index (κ1) is 13.8. The van der Waals surface area contributed by atoms with Crippen LogP contribution in [0.4, 0.5) is 5.69 Å². The lowest BCUT2D eigenvalue weighted by Crippen LogP contribution is -2.04. The van der Waals surface area contributed by atoms with Crippen molar-refractivity contribution in [2.45, 2.75) is 17.7 Å². The summed E-state index contributed by atoms with van der Waals surface area (Å²) in [4.78, 5) is 19.9. The van der Waals surface area contributed by atoms with Crippen LogP contribution in [0.2, 0.25) is 0 Å². The maximum atomic E-state index is 11.5. The van der Waals surface area contributed by atoms with E-state index in [-0.39, 0.29) is 5.97 Å². The molecule has 7 heteroatoms. The van der Waals surface area contributed by atoms with Gasteiger partial charge in [0.25, 0.3) is 0 Å². The van der Waals surface area contributed by atoms with Gasteiger partial charge in [-0.25, -0.2) is 14.8 Å². The summed E-state index contributed by atoms with van der Waals surface area (Å²) in [6.45, 7) is 2.12. The van der Waals surface area contributed by atoms with Crippen molar-refractivity contribution in [1.82, 2.24) is 9.97 Å². The smallest absolute Gasteiger partial charge is 0.367 e. The number of nitrogen functional groups attached to an aromatic ring is 1. The second kappa shape index (κ2) is 6.53. The fourth-order valence-electron chi connectivity index (χ4n) is 1.33. The van der Waals surface area contributed by atoms with E-state index in [1.807, 2.05) is 5.38 Å². The van der Waals surface area contributed by atoms with Crippen molar-refractivity contribution in [2.75, 3.05) is 12.3 Å². The van der Waals surface area contributed by atoms with Gasteiger partial charge in [0.05, 0.1) is 18.0 Å². The number of hydrogen-bond acceptors (Lipinski definition) is 7. The van der Waals surface area contributed by atoms with Gasteiger partial charge in [-0.3, -0.25) is 0 Å². The molecule has 0 radical (unpaired) electrons. The van der Waals surface area contributed by atoms with Gasteiger partial charge in [-0.1, -0.05) is 11.8 Å². The highest BCUT2D eigenvalue weighted by Gasteiger charge is 2.12. The van der Waals surface area contributed by atoms with E-state index in [9.17, 15) is 4.79 Å². The Morgan fingerprint density at radius 3 is 3.16 bits per heavy atom. The molecule has 0 saturated heterocycles. The van der Waals surface area contributed by atoms with Crippen LogP contribution in [0.5, 0.6) is 0 Å². The van der Waals surface area contributed by atoms with E-state index in [0.29, 0.717) is 23.1 Å². The fraction of sp³-hybridized carbons (Fsp3) is 0.250. The van der Waals surface area contributed by atoms with E-state index < -0.39 is 0 Å². The van der Waals surface area contributed by atoms with E-state index in [0.717, 1.165) is 10.7 Å². The average Bonchev–Trinajstić information content (AvgIpc) is 2.87. The second-order valence-electron chi connectivity index (χ2n) is 3.55. The molecule has 2 aromatic heterocycles. The molecule has 0 amide bonds. The summed E-state index contributed by atoms with van der Waals surface area (Å²) in [5.41, 5.74) is 7.27. The summed E-state index contributed by atoms with van der Waals surface area (Å²) >= 11 is 2.78. The molecule has 0 saturated carbocycles. The van der Waals surface area contributed by atoms with Crippen LogP contribution in [0.25, 0.3) is 0 Å². The predicted octanol–water partition coefficient (Wildman–Crippen LogP) is 2.59. The van der Waals surface area contributed by atoms with Gasteiger partial charge in [0.15, 0.2) is 0 Å². The Kier molecular flexibility index (Phi) is 4.75. The summed E-state index contributed by atoms with van der Waals surface area (Å²) < 4.78 is 4.89. The Morgan fingerprint density at radius 2 is 2.42 bits per heavy atom. The molecule has 0 aromatic carbocycles. The molecule has 0 bridgehead atoms. The highest BCUT2D eigenvalue weighted by molar-refractivity contribution is 7.98. The van der Waals surface area contributed by atoms with Crippen molar-refractivity contribution in [3.05, 3.63) is 34.4 Å². The molecule has 5 nitrogen and oxygen atoms in total. The van der Waals surface area contributed by atoms with E-state index in [2.05, 4.69) is 9.97 Å². The first-order chi connectivity index (χ1) is 9.20. The number of thiazole rings is 1. The normalized spacial score (nSPS) is 10.4. The van der Waals surface area contributed by atoms with Crippen molar-refractivity contribution in [1.29, 1.82) is 0 Å². The standard InChI is InChI=1S/C12H13N3O2S2/c1-2-17-12(16)11-15-8(7-19-11)6-18-10-9(13)4-3-5-14-10/h3-5,7H,2,6,13H2,1H3. The van der Waals surface area contributed by atoms with Gasteiger partial charge in [-0.15, -0.1) is 11.3 Å². The molecule has 0 spiro atoms. The molecule has 2 N–H and O–H groups in total. The lowest BCUT2D eigenvalue weighted by atomic mass is 10.4. The van der Waals surface area contributed by atoms with E-state index in [1.165, 1.54) is 23.1 Å². The minimum absolute atomic E-state index is 0.354. The second-order valence-corrected chi connectivity index (χ2v) is 5.37. The van der Waals surface area contributed by atoms with Crippen molar-refractivity contribution in [2.24, 2.45) is 0 Å². The highest BCUT2D eigenvalue weighted by Crippen LogP contribution is 2.26. The number of ether oxygens (including phenoxy) is 1. The number of nitrogens with two attached hydrogens (primary N) is 1. The first-order valence-electron chi connectivity index (χ1n) is 5.65. The maximum Gasteiger partial charge on any atom is 0.367 e. The largest absolute Gasteiger partial charge is 0.461 e. The number of thioether (sulfide) groups is 1. The maximum absolute atomic E-state index is 11.5. The van der Waals surface area contributed by atoms with Crippen LogP contribution >= 0.6 is 23.1 Å². The average molecular weight is 295 g/mol. The quantitative estimate of drug-likeness (QED) is 0.675. The Hall–Kier alpha value is -1.60. The van der Waals surface area contributed by atoms with Crippen LogP contribution in [0.1, 0.15) is 22.4 Å². The molecule has 0 fully saturated rings. The summed E-state index contributed by atoms with van der Waals surface area (Å²) in [5.74, 6) is 0.248. The third-order valence-electron chi connectivity index (χ3n) is 2.16. The van der Waals surface area contributed by atoms with Crippen LogP contribution in [0, 0.1) is 0 Å². The Labute approximate surface area is 119 Å². The summed E-state index contributed by atoms with van der Waals surface area (Å²) in [7, 11) is 0. The molecule has 2 rings (SSSR count). The van der Waals surface area contributed by atoms with Gasteiger partial charge in [-0.2, -0.15) is 0 Å². The monoisotopic (exact) mass is 295 g/mol. The van der Waals surface area contributed by atoms with Crippen molar-refractivity contribution in [3.8, 4) is 0 Å². The SMILES string of the molecule is CCOC(=O)c1nc(CSc2ncccc2N)cs1.